The highest BCUT2D eigenvalue weighted by Gasteiger charge is 2.53. The fourth-order valence-electron chi connectivity index (χ4n) is 3.07. The second-order valence-electron chi connectivity index (χ2n) is 5.75. The Morgan fingerprint density at radius 3 is 2.62 bits per heavy atom. The molecule has 2 amide bonds. The number of aliphatic carboxylic acids is 1. The minimum Gasteiger partial charge on any atom is -0.477 e. The molecule has 126 valence electrons. The molecule has 4 N–H and O–H groups in total. The Morgan fingerprint density at radius 2 is 2.00 bits per heavy atom. The molecule has 1 aromatic rings. The van der Waals surface area contributed by atoms with Crippen molar-refractivity contribution in [3.05, 3.63) is 46.6 Å². The van der Waals surface area contributed by atoms with E-state index in [1.54, 1.807) is 24.3 Å². The monoisotopic (exact) mass is 349 g/mol. The van der Waals surface area contributed by atoms with Gasteiger partial charge in [0.2, 0.25) is 5.91 Å². The highest BCUT2D eigenvalue weighted by molar-refractivity contribution is 6.32. The summed E-state index contributed by atoms with van der Waals surface area (Å²) in [6.45, 7) is 0. The van der Waals surface area contributed by atoms with E-state index >= 15 is 0 Å². The largest absolute Gasteiger partial charge is 0.477 e. The summed E-state index contributed by atoms with van der Waals surface area (Å²) in [6, 6.07) is 6.74. The van der Waals surface area contributed by atoms with E-state index in [9.17, 15) is 19.5 Å². The lowest BCUT2D eigenvalue weighted by atomic mass is 9.86. The van der Waals surface area contributed by atoms with Crippen molar-refractivity contribution < 1.29 is 19.5 Å². The van der Waals surface area contributed by atoms with E-state index in [2.05, 4.69) is 5.32 Å². The molecule has 0 aromatic heterocycles. The predicted molar refractivity (Wildman–Crippen MR) is 85.7 cm³/mol. The number of nitrogens with one attached hydrogen (secondary N) is 1. The third kappa shape index (κ3) is 2.65. The number of carbonyl (C=O) groups excluding carboxylic acids is 2. The third-order valence-corrected chi connectivity index (χ3v) is 4.69. The second-order valence-corrected chi connectivity index (χ2v) is 6.20. The molecule has 1 fully saturated rings. The summed E-state index contributed by atoms with van der Waals surface area (Å²) in [4.78, 5) is 37.0. The molecule has 2 heterocycles. The molecule has 2 aliphatic heterocycles. The Morgan fingerprint density at radius 1 is 1.33 bits per heavy atom. The molecule has 0 saturated carbocycles. The van der Waals surface area contributed by atoms with Crippen LogP contribution in [0.15, 0.2) is 41.1 Å². The molecule has 2 unspecified atom stereocenters. The van der Waals surface area contributed by atoms with Crippen LogP contribution in [0, 0.1) is 0 Å². The zero-order chi connectivity index (χ0) is 17.4. The van der Waals surface area contributed by atoms with Crippen molar-refractivity contribution in [1.29, 1.82) is 0 Å². The van der Waals surface area contributed by atoms with Crippen LogP contribution in [-0.2, 0) is 14.4 Å². The number of carboxylic acids is 1. The first kappa shape index (κ1) is 16.5. The van der Waals surface area contributed by atoms with Crippen molar-refractivity contribution in [2.24, 2.45) is 5.73 Å². The van der Waals surface area contributed by atoms with Crippen molar-refractivity contribution in [3.63, 3.8) is 0 Å². The topological polar surface area (TPSA) is 113 Å². The first-order valence-electron chi connectivity index (χ1n) is 7.47. The highest BCUT2D eigenvalue weighted by Crippen LogP contribution is 2.38. The summed E-state index contributed by atoms with van der Waals surface area (Å²) in [5.41, 5.74) is 6.35. The number of β-lactam (4-membered cyclic amide) rings is 1. The number of carboxylic acid groups (broad SMARTS) is 1. The van der Waals surface area contributed by atoms with Gasteiger partial charge in [-0.1, -0.05) is 41.9 Å². The summed E-state index contributed by atoms with van der Waals surface area (Å²) in [5, 5.41) is 12.0. The van der Waals surface area contributed by atoms with Gasteiger partial charge in [-0.25, -0.2) is 4.79 Å². The molecule has 7 nitrogen and oxygen atoms in total. The number of amides is 2. The predicted octanol–water partition coefficient (Wildman–Crippen LogP) is 0.711. The molecule has 8 heteroatoms. The van der Waals surface area contributed by atoms with Crippen molar-refractivity contribution in [3.8, 4) is 0 Å². The van der Waals surface area contributed by atoms with E-state index < -0.39 is 35.9 Å². The number of nitrogens with two attached hydrogens (primary N) is 1. The highest BCUT2D eigenvalue weighted by atomic mass is 35.5. The fourth-order valence-corrected chi connectivity index (χ4v) is 3.35. The van der Waals surface area contributed by atoms with Gasteiger partial charge < -0.3 is 16.2 Å². The molecule has 2 aliphatic rings. The van der Waals surface area contributed by atoms with Gasteiger partial charge in [0.15, 0.2) is 0 Å². The summed E-state index contributed by atoms with van der Waals surface area (Å²) < 4.78 is 0. The van der Waals surface area contributed by atoms with Gasteiger partial charge >= 0.3 is 5.97 Å². The van der Waals surface area contributed by atoms with Crippen molar-refractivity contribution in [1.82, 2.24) is 10.2 Å². The summed E-state index contributed by atoms with van der Waals surface area (Å²) in [5.74, 6) is -2.20. The second kappa shape index (κ2) is 6.26. The number of carbonyl (C=O) groups is 3. The Hall–Kier alpha value is -2.38. The Bertz CT molecular complexity index is 734. The van der Waals surface area contributed by atoms with Crippen LogP contribution in [0.25, 0.3) is 0 Å². The lowest BCUT2D eigenvalue weighted by Crippen LogP contribution is -2.72. The van der Waals surface area contributed by atoms with Crippen LogP contribution in [0.4, 0.5) is 0 Å². The van der Waals surface area contributed by atoms with Gasteiger partial charge in [-0.3, -0.25) is 14.5 Å². The first-order valence-corrected chi connectivity index (χ1v) is 7.85. The average molecular weight is 350 g/mol. The van der Waals surface area contributed by atoms with Gasteiger partial charge in [0.25, 0.3) is 5.91 Å². The van der Waals surface area contributed by atoms with Crippen molar-refractivity contribution in [2.45, 2.75) is 31.0 Å². The molecular weight excluding hydrogens is 334 g/mol. The van der Waals surface area contributed by atoms with Gasteiger partial charge in [0, 0.05) is 5.03 Å². The van der Waals surface area contributed by atoms with Crippen LogP contribution < -0.4 is 11.1 Å². The molecule has 0 radical (unpaired) electrons. The minimum atomic E-state index is -1.25. The number of halogens is 1. The maximum Gasteiger partial charge on any atom is 0.353 e. The lowest BCUT2D eigenvalue weighted by Gasteiger charge is -2.49. The minimum absolute atomic E-state index is 0.151. The van der Waals surface area contributed by atoms with Crippen LogP contribution in [0.2, 0.25) is 0 Å². The lowest BCUT2D eigenvalue weighted by molar-refractivity contribution is -0.156. The zero-order valence-corrected chi connectivity index (χ0v) is 13.4. The van der Waals surface area contributed by atoms with Crippen molar-refractivity contribution in [2.75, 3.05) is 0 Å². The molecule has 3 rings (SSSR count). The number of fused-ring (bicyclic) bond motifs is 1. The van der Waals surface area contributed by atoms with E-state index in [1.807, 2.05) is 6.07 Å². The molecule has 0 spiro atoms. The van der Waals surface area contributed by atoms with Crippen LogP contribution >= 0.6 is 11.6 Å². The van der Waals surface area contributed by atoms with Gasteiger partial charge in [-0.2, -0.15) is 0 Å². The smallest absolute Gasteiger partial charge is 0.353 e. The van der Waals surface area contributed by atoms with Gasteiger partial charge in [0.05, 0.1) is 6.04 Å². The number of benzene rings is 1. The van der Waals surface area contributed by atoms with E-state index in [-0.39, 0.29) is 10.7 Å². The summed E-state index contributed by atoms with van der Waals surface area (Å²) in [6.07, 6.45) is 0.849. The van der Waals surface area contributed by atoms with Gasteiger partial charge in [-0.15, -0.1) is 0 Å². The zero-order valence-electron chi connectivity index (χ0n) is 12.6. The fraction of sp³-hybridized carbons (Fsp3) is 0.312. The van der Waals surface area contributed by atoms with E-state index in [4.69, 9.17) is 17.3 Å². The summed E-state index contributed by atoms with van der Waals surface area (Å²) >= 11 is 5.92. The quantitative estimate of drug-likeness (QED) is 0.693. The Balaban J connectivity index is 1.71. The Kier molecular flexibility index (Phi) is 4.29. The average Bonchev–Trinajstić information content (AvgIpc) is 2.59. The number of allylic oxidation sites excluding steroid dienone is 1. The number of hydrogen-bond donors (Lipinski definition) is 3. The normalized spacial score (nSPS) is 24.1. The van der Waals surface area contributed by atoms with Crippen LogP contribution in [0.1, 0.15) is 24.4 Å². The van der Waals surface area contributed by atoms with Gasteiger partial charge in [0.1, 0.15) is 17.8 Å². The number of nitrogens with zero attached hydrogens (tertiary/aromatic N) is 1. The van der Waals surface area contributed by atoms with E-state index in [1.165, 1.54) is 0 Å². The van der Waals surface area contributed by atoms with Crippen molar-refractivity contribution >= 4 is 29.4 Å². The van der Waals surface area contributed by atoms with Crippen LogP contribution in [0.5, 0.6) is 0 Å². The van der Waals surface area contributed by atoms with E-state index in [0.717, 1.165) is 4.90 Å². The molecule has 3 atom stereocenters. The van der Waals surface area contributed by atoms with Crippen LogP contribution in [-0.4, -0.2) is 39.9 Å². The maximum absolute atomic E-state index is 12.3. The Labute approximate surface area is 143 Å². The molecule has 0 bridgehead atoms. The SMILES string of the molecule is N[C@@H](C(=O)NC1C(=O)N2C(C(=O)O)=C(Cl)CCC12)c1ccccc1. The standard InChI is InChI=1S/C16H16ClN3O4/c17-9-6-7-10-12(15(22)20(10)13(9)16(23)24)19-14(21)11(18)8-4-2-1-3-5-8/h1-5,10-12H,6-7,18H2,(H,19,21)(H,23,24)/t10?,11-,12?/m1/s1. The van der Waals surface area contributed by atoms with E-state index in [0.29, 0.717) is 18.4 Å². The first-order chi connectivity index (χ1) is 11.4. The summed E-state index contributed by atoms with van der Waals surface area (Å²) in [7, 11) is 0. The molecular formula is C16H16ClN3O4. The number of rotatable bonds is 4. The molecule has 1 saturated heterocycles. The third-order valence-electron chi connectivity index (χ3n) is 4.32. The molecule has 24 heavy (non-hydrogen) atoms. The van der Waals surface area contributed by atoms with Gasteiger partial charge in [-0.05, 0) is 18.4 Å². The van der Waals surface area contributed by atoms with Crippen LogP contribution in [0.3, 0.4) is 0 Å². The maximum atomic E-state index is 12.3. The molecule has 1 aromatic carbocycles. The molecule has 0 aliphatic carbocycles. The number of hydrogen-bond acceptors (Lipinski definition) is 4.